The van der Waals surface area contributed by atoms with E-state index in [0.29, 0.717) is 32.0 Å². The molecule has 1 saturated heterocycles. The minimum absolute atomic E-state index is 0.406. The van der Waals surface area contributed by atoms with Gasteiger partial charge in [0.25, 0.3) is 5.56 Å². The van der Waals surface area contributed by atoms with Crippen molar-refractivity contribution in [2.24, 2.45) is 0 Å². The monoisotopic (exact) mass is 239 g/mol. The molecule has 92 valence electrons. The van der Waals surface area contributed by atoms with Crippen LogP contribution in [0.4, 0.5) is 5.69 Å². The highest BCUT2D eigenvalue weighted by molar-refractivity contribution is 5.66. The Hall–Kier alpha value is -1.89. The van der Waals surface area contributed by atoms with Gasteiger partial charge in [-0.25, -0.2) is 4.68 Å². The summed E-state index contributed by atoms with van der Waals surface area (Å²) in [7, 11) is 0. The number of aliphatic carboxylic acids is 1. The van der Waals surface area contributed by atoms with E-state index in [-0.39, 0.29) is 0 Å². The van der Waals surface area contributed by atoms with Crippen molar-refractivity contribution in [1.82, 2.24) is 9.78 Å². The number of carboxylic acids is 1. The fraction of sp³-hybridized carbons (Fsp3) is 0.500. The average molecular weight is 239 g/mol. The van der Waals surface area contributed by atoms with Gasteiger partial charge in [0.15, 0.2) is 0 Å². The number of carbonyl (C=O) groups is 1. The van der Waals surface area contributed by atoms with Crippen LogP contribution in [0.5, 0.6) is 0 Å². The molecule has 0 atom stereocenters. The van der Waals surface area contributed by atoms with Gasteiger partial charge in [-0.1, -0.05) is 0 Å². The van der Waals surface area contributed by atoms with Crippen LogP contribution in [-0.2, 0) is 16.1 Å². The third-order valence-electron chi connectivity index (χ3n) is 2.52. The number of aromatic nitrogens is 2. The molecular formula is C10H13N3O4. The fourth-order valence-corrected chi connectivity index (χ4v) is 1.67. The second-order valence-electron chi connectivity index (χ2n) is 3.70. The largest absolute Gasteiger partial charge is 0.480 e. The molecule has 0 bridgehead atoms. The highest BCUT2D eigenvalue weighted by atomic mass is 16.5. The molecule has 0 unspecified atom stereocenters. The van der Waals surface area contributed by atoms with E-state index in [2.05, 4.69) is 5.10 Å². The first-order chi connectivity index (χ1) is 8.16. The summed E-state index contributed by atoms with van der Waals surface area (Å²) in [6.07, 6.45) is 1.51. The Morgan fingerprint density at radius 2 is 2.18 bits per heavy atom. The molecule has 2 rings (SSSR count). The molecule has 2 heterocycles. The lowest BCUT2D eigenvalue weighted by Gasteiger charge is -2.28. The van der Waals surface area contributed by atoms with E-state index in [0.717, 1.165) is 4.68 Å². The summed E-state index contributed by atoms with van der Waals surface area (Å²) in [4.78, 5) is 24.1. The molecule has 0 amide bonds. The van der Waals surface area contributed by atoms with Crippen LogP contribution in [0.1, 0.15) is 0 Å². The van der Waals surface area contributed by atoms with E-state index in [9.17, 15) is 9.59 Å². The summed E-state index contributed by atoms with van der Waals surface area (Å²) < 4.78 is 6.13. The first-order valence-electron chi connectivity index (χ1n) is 5.28. The van der Waals surface area contributed by atoms with Gasteiger partial charge in [0.1, 0.15) is 6.54 Å². The highest BCUT2D eigenvalue weighted by Crippen LogP contribution is 2.11. The van der Waals surface area contributed by atoms with Crippen molar-refractivity contribution >= 4 is 11.7 Å². The molecule has 0 radical (unpaired) electrons. The van der Waals surface area contributed by atoms with Crippen molar-refractivity contribution in [1.29, 1.82) is 0 Å². The van der Waals surface area contributed by atoms with Gasteiger partial charge >= 0.3 is 5.97 Å². The number of hydrogen-bond acceptors (Lipinski definition) is 5. The molecule has 1 aliphatic rings. The molecule has 0 saturated carbocycles. The highest BCUT2D eigenvalue weighted by Gasteiger charge is 2.13. The number of anilines is 1. The lowest BCUT2D eigenvalue weighted by molar-refractivity contribution is -0.138. The Morgan fingerprint density at radius 1 is 1.47 bits per heavy atom. The van der Waals surface area contributed by atoms with E-state index in [1.807, 2.05) is 4.90 Å². The Kier molecular flexibility index (Phi) is 3.38. The van der Waals surface area contributed by atoms with Gasteiger partial charge in [-0.05, 0) is 0 Å². The third kappa shape index (κ3) is 2.82. The van der Waals surface area contributed by atoms with Gasteiger partial charge in [0, 0.05) is 19.2 Å². The van der Waals surface area contributed by atoms with Crippen LogP contribution >= 0.6 is 0 Å². The molecule has 1 aromatic rings. The van der Waals surface area contributed by atoms with Crippen LogP contribution in [0.2, 0.25) is 0 Å². The van der Waals surface area contributed by atoms with Gasteiger partial charge in [-0.2, -0.15) is 5.10 Å². The van der Waals surface area contributed by atoms with Gasteiger partial charge < -0.3 is 14.7 Å². The number of nitrogens with zero attached hydrogens (tertiary/aromatic N) is 3. The van der Waals surface area contributed by atoms with Gasteiger partial charge in [-0.15, -0.1) is 0 Å². The maximum atomic E-state index is 11.6. The molecule has 17 heavy (non-hydrogen) atoms. The van der Waals surface area contributed by atoms with E-state index in [4.69, 9.17) is 9.84 Å². The van der Waals surface area contributed by atoms with Crippen LogP contribution in [0, 0.1) is 0 Å². The second-order valence-corrected chi connectivity index (χ2v) is 3.70. The van der Waals surface area contributed by atoms with Gasteiger partial charge in [0.05, 0.1) is 25.1 Å². The molecular weight excluding hydrogens is 226 g/mol. The smallest absolute Gasteiger partial charge is 0.325 e. The maximum absolute atomic E-state index is 11.6. The van der Waals surface area contributed by atoms with Gasteiger partial charge in [0.2, 0.25) is 0 Å². The summed E-state index contributed by atoms with van der Waals surface area (Å²) in [5, 5.41) is 12.4. The first-order valence-corrected chi connectivity index (χ1v) is 5.28. The molecule has 7 heteroatoms. The Balaban J connectivity index is 2.18. The summed E-state index contributed by atoms with van der Waals surface area (Å²) >= 11 is 0. The number of rotatable bonds is 3. The summed E-state index contributed by atoms with van der Waals surface area (Å²) in [5.41, 5.74) is 0.302. The van der Waals surface area contributed by atoms with Crippen LogP contribution in [-0.4, -0.2) is 47.2 Å². The summed E-state index contributed by atoms with van der Waals surface area (Å²) in [5.74, 6) is -1.08. The van der Waals surface area contributed by atoms with Crippen molar-refractivity contribution in [3.8, 4) is 0 Å². The number of morpholine rings is 1. The number of ether oxygens (including phenoxy) is 1. The molecule has 0 aliphatic carbocycles. The second kappa shape index (κ2) is 4.96. The lowest BCUT2D eigenvalue weighted by Crippen LogP contribution is -2.37. The van der Waals surface area contributed by atoms with Crippen LogP contribution < -0.4 is 10.5 Å². The van der Waals surface area contributed by atoms with E-state index in [1.54, 1.807) is 0 Å². The quantitative estimate of drug-likeness (QED) is 0.740. The first kappa shape index (κ1) is 11.6. The van der Waals surface area contributed by atoms with Crippen molar-refractivity contribution in [2.45, 2.75) is 6.54 Å². The average Bonchev–Trinajstić information content (AvgIpc) is 2.32. The zero-order chi connectivity index (χ0) is 12.3. The maximum Gasteiger partial charge on any atom is 0.325 e. The Morgan fingerprint density at radius 3 is 2.76 bits per heavy atom. The lowest BCUT2D eigenvalue weighted by atomic mass is 10.3. The molecule has 0 spiro atoms. The molecule has 1 N–H and O–H groups in total. The number of hydrogen-bond donors (Lipinski definition) is 1. The molecule has 7 nitrogen and oxygen atoms in total. The molecule has 1 aliphatic heterocycles. The predicted octanol–water partition coefficient (Wildman–Crippen LogP) is -0.836. The van der Waals surface area contributed by atoms with E-state index < -0.39 is 18.1 Å². The van der Waals surface area contributed by atoms with Crippen molar-refractivity contribution in [2.75, 3.05) is 31.2 Å². The van der Waals surface area contributed by atoms with Crippen LogP contribution in [0.25, 0.3) is 0 Å². The summed E-state index contributed by atoms with van der Waals surface area (Å²) in [6, 6.07) is 1.40. The predicted molar refractivity (Wildman–Crippen MR) is 59.2 cm³/mol. The zero-order valence-corrected chi connectivity index (χ0v) is 9.20. The van der Waals surface area contributed by atoms with E-state index >= 15 is 0 Å². The van der Waals surface area contributed by atoms with E-state index in [1.165, 1.54) is 12.3 Å². The van der Waals surface area contributed by atoms with Gasteiger partial charge in [-0.3, -0.25) is 9.59 Å². The SMILES string of the molecule is O=C(O)Cn1ncc(N2CCOCC2)cc1=O. The Labute approximate surface area is 97.2 Å². The topological polar surface area (TPSA) is 84.7 Å². The van der Waals surface area contributed by atoms with Crippen molar-refractivity contribution in [3.63, 3.8) is 0 Å². The minimum Gasteiger partial charge on any atom is -0.480 e. The van der Waals surface area contributed by atoms with Crippen molar-refractivity contribution < 1.29 is 14.6 Å². The minimum atomic E-state index is -1.08. The van der Waals surface area contributed by atoms with Crippen LogP contribution in [0.3, 0.4) is 0 Å². The Bertz CT molecular complexity index is 465. The third-order valence-corrected chi connectivity index (χ3v) is 2.52. The van der Waals surface area contributed by atoms with Crippen molar-refractivity contribution in [3.05, 3.63) is 22.6 Å². The molecule has 1 fully saturated rings. The summed E-state index contributed by atoms with van der Waals surface area (Å²) in [6.45, 7) is 2.26. The molecule has 1 aromatic heterocycles. The number of carboxylic acid groups (broad SMARTS) is 1. The standard InChI is InChI=1S/C10H13N3O4/c14-9-5-8(12-1-3-17-4-2-12)6-11-13(9)7-10(15)16/h5-6H,1-4,7H2,(H,15,16). The fourth-order valence-electron chi connectivity index (χ4n) is 1.67. The normalized spacial score (nSPS) is 15.9. The zero-order valence-electron chi connectivity index (χ0n) is 9.20. The van der Waals surface area contributed by atoms with Crippen LogP contribution in [0.15, 0.2) is 17.1 Å². The molecule has 0 aromatic carbocycles.